The SMILES string of the molecule is Cc1ccc(Br)cc1S(=O)(=O)Nc1cccc(C)c1Br. The van der Waals surface area contributed by atoms with Crippen LogP contribution in [0.15, 0.2) is 50.2 Å². The Morgan fingerprint density at radius 2 is 1.70 bits per heavy atom. The molecule has 3 nitrogen and oxygen atoms in total. The van der Waals surface area contributed by atoms with Crippen LogP contribution in [-0.2, 0) is 10.0 Å². The van der Waals surface area contributed by atoms with E-state index in [-0.39, 0.29) is 4.90 Å². The summed E-state index contributed by atoms with van der Waals surface area (Å²) in [6.45, 7) is 3.68. The van der Waals surface area contributed by atoms with Crippen LogP contribution in [0.5, 0.6) is 0 Å². The summed E-state index contributed by atoms with van der Waals surface area (Å²) in [6, 6.07) is 10.6. The molecule has 0 aliphatic heterocycles. The number of sulfonamides is 1. The van der Waals surface area contributed by atoms with E-state index in [9.17, 15) is 8.42 Å². The van der Waals surface area contributed by atoms with Crippen molar-refractivity contribution in [1.82, 2.24) is 0 Å². The quantitative estimate of drug-likeness (QED) is 0.789. The normalized spacial score (nSPS) is 11.4. The summed E-state index contributed by atoms with van der Waals surface area (Å²) in [5.41, 5.74) is 2.20. The highest BCUT2D eigenvalue weighted by Crippen LogP contribution is 2.29. The van der Waals surface area contributed by atoms with Gasteiger partial charge in [0.15, 0.2) is 0 Å². The molecule has 2 rings (SSSR count). The Bertz CT molecular complexity index is 758. The second-order valence-electron chi connectivity index (χ2n) is 4.45. The molecule has 0 unspecified atom stereocenters. The number of benzene rings is 2. The average Bonchev–Trinajstić information content (AvgIpc) is 2.37. The molecule has 6 heteroatoms. The zero-order valence-electron chi connectivity index (χ0n) is 10.9. The number of anilines is 1. The highest BCUT2D eigenvalue weighted by Gasteiger charge is 2.18. The van der Waals surface area contributed by atoms with E-state index in [1.54, 1.807) is 25.1 Å². The van der Waals surface area contributed by atoms with E-state index >= 15 is 0 Å². The summed E-state index contributed by atoms with van der Waals surface area (Å²) in [5.74, 6) is 0. The lowest BCUT2D eigenvalue weighted by atomic mass is 10.2. The van der Waals surface area contributed by atoms with Crippen LogP contribution in [0, 0.1) is 13.8 Å². The van der Waals surface area contributed by atoms with E-state index in [2.05, 4.69) is 36.6 Å². The van der Waals surface area contributed by atoms with Crippen LogP contribution in [0.2, 0.25) is 0 Å². The molecule has 0 fully saturated rings. The van der Waals surface area contributed by atoms with Crippen LogP contribution in [0.3, 0.4) is 0 Å². The van der Waals surface area contributed by atoms with Crippen molar-refractivity contribution in [2.45, 2.75) is 18.7 Å². The van der Waals surface area contributed by atoms with Crippen molar-refractivity contribution in [2.24, 2.45) is 0 Å². The molecule has 2 aromatic carbocycles. The zero-order chi connectivity index (χ0) is 14.9. The summed E-state index contributed by atoms with van der Waals surface area (Å²) in [4.78, 5) is 0.264. The summed E-state index contributed by atoms with van der Waals surface area (Å²) in [7, 11) is -3.62. The Morgan fingerprint density at radius 3 is 2.40 bits per heavy atom. The second kappa shape index (κ2) is 5.87. The van der Waals surface area contributed by atoms with E-state index < -0.39 is 10.0 Å². The number of nitrogens with one attached hydrogen (secondary N) is 1. The van der Waals surface area contributed by atoms with Gasteiger partial charge in [-0.2, -0.15) is 0 Å². The Balaban J connectivity index is 2.46. The maximum Gasteiger partial charge on any atom is 0.262 e. The molecule has 0 bridgehead atoms. The molecule has 1 N–H and O–H groups in total. The van der Waals surface area contributed by atoms with Crippen molar-refractivity contribution < 1.29 is 8.42 Å². The predicted molar refractivity (Wildman–Crippen MR) is 88.6 cm³/mol. The van der Waals surface area contributed by atoms with Gasteiger partial charge in [-0.3, -0.25) is 4.72 Å². The van der Waals surface area contributed by atoms with E-state index in [0.717, 1.165) is 14.5 Å². The Kier molecular flexibility index (Phi) is 4.56. The zero-order valence-corrected chi connectivity index (χ0v) is 14.9. The molecule has 0 spiro atoms. The highest BCUT2D eigenvalue weighted by molar-refractivity contribution is 9.11. The Hall–Kier alpha value is -0.850. The van der Waals surface area contributed by atoms with Crippen molar-refractivity contribution in [3.8, 4) is 0 Å². The first-order valence-electron chi connectivity index (χ1n) is 5.85. The molecular weight excluding hydrogens is 406 g/mol. The van der Waals surface area contributed by atoms with Crippen LogP contribution in [0.25, 0.3) is 0 Å². The van der Waals surface area contributed by atoms with Gasteiger partial charge in [0.25, 0.3) is 10.0 Å². The van der Waals surface area contributed by atoms with Gasteiger partial charge in [-0.1, -0.05) is 34.1 Å². The summed E-state index contributed by atoms with van der Waals surface area (Å²) in [6.07, 6.45) is 0. The van der Waals surface area contributed by atoms with Crippen LogP contribution in [0.1, 0.15) is 11.1 Å². The van der Waals surface area contributed by atoms with E-state index in [1.807, 2.05) is 25.1 Å². The fraction of sp³-hybridized carbons (Fsp3) is 0.143. The fourth-order valence-corrected chi connectivity index (χ4v) is 4.14. The van der Waals surface area contributed by atoms with Gasteiger partial charge in [0.1, 0.15) is 0 Å². The molecule has 0 amide bonds. The van der Waals surface area contributed by atoms with E-state index in [0.29, 0.717) is 11.3 Å². The van der Waals surface area contributed by atoms with Gasteiger partial charge in [-0.05, 0) is 59.1 Å². The molecule has 0 atom stereocenters. The predicted octanol–water partition coefficient (Wildman–Crippen LogP) is 4.63. The summed E-state index contributed by atoms with van der Waals surface area (Å²) >= 11 is 6.70. The molecule has 0 aliphatic rings. The third-order valence-corrected chi connectivity index (χ3v) is 5.93. The molecule has 0 aromatic heterocycles. The standard InChI is InChI=1S/C14H13Br2NO2S/c1-9-6-7-11(15)8-13(9)20(18,19)17-12-5-3-4-10(2)14(12)16/h3-8,17H,1-2H3. The molecular formula is C14H13Br2NO2S. The van der Waals surface area contributed by atoms with Gasteiger partial charge in [0.2, 0.25) is 0 Å². The third-order valence-electron chi connectivity index (χ3n) is 2.88. The van der Waals surface area contributed by atoms with Gasteiger partial charge < -0.3 is 0 Å². The molecule has 0 saturated heterocycles. The van der Waals surface area contributed by atoms with Crippen molar-refractivity contribution in [3.63, 3.8) is 0 Å². The lowest BCUT2D eigenvalue weighted by Crippen LogP contribution is -2.14. The fourth-order valence-electron chi connectivity index (χ4n) is 1.79. The van der Waals surface area contributed by atoms with Gasteiger partial charge >= 0.3 is 0 Å². The number of aryl methyl sites for hydroxylation is 2. The van der Waals surface area contributed by atoms with Crippen molar-refractivity contribution >= 4 is 47.6 Å². The molecule has 20 heavy (non-hydrogen) atoms. The smallest absolute Gasteiger partial charge is 0.262 e. The van der Waals surface area contributed by atoms with E-state index in [1.165, 1.54) is 0 Å². The van der Waals surface area contributed by atoms with E-state index in [4.69, 9.17) is 0 Å². The number of hydrogen-bond donors (Lipinski definition) is 1. The average molecular weight is 419 g/mol. The minimum absolute atomic E-state index is 0.264. The third kappa shape index (κ3) is 3.24. The summed E-state index contributed by atoms with van der Waals surface area (Å²) in [5, 5.41) is 0. The lowest BCUT2D eigenvalue weighted by Gasteiger charge is -2.13. The van der Waals surface area contributed by atoms with Gasteiger partial charge in [-0.15, -0.1) is 0 Å². The second-order valence-corrected chi connectivity index (χ2v) is 7.81. The first-order chi connectivity index (χ1) is 9.31. The molecule has 0 radical (unpaired) electrons. The van der Waals surface area contributed by atoms with Gasteiger partial charge in [-0.25, -0.2) is 8.42 Å². The number of halogens is 2. The van der Waals surface area contributed by atoms with Crippen LogP contribution < -0.4 is 4.72 Å². The maximum absolute atomic E-state index is 12.5. The van der Waals surface area contributed by atoms with Gasteiger partial charge in [0.05, 0.1) is 10.6 Å². The molecule has 0 saturated carbocycles. The molecule has 2 aromatic rings. The highest BCUT2D eigenvalue weighted by atomic mass is 79.9. The van der Waals surface area contributed by atoms with Gasteiger partial charge in [0, 0.05) is 8.95 Å². The minimum atomic E-state index is -3.62. The van der Waals surface area contributed by atoms with Crippen molar-refractivity contribution in [1.29, 1.82) is 0 Å². The topological polar surface area (TPSA) is 46.2 Å². The Labute approximate surface area is 135 Å². The monoisotopic (exact) mass is 417 g/mol. The number of hydrogen-bond acceptors (Lipinski definition) is 2. The number of rotatable bonds is 3. The molecule has 106 valence electrons. The Morgan fingerprint density at radius 1 is 1.00 bits per heavy atom. The van der Waals surface area contributed by atoms with Crippen LogP contribution in [0.4, 0.5) is 5.69 Å². The van der Waals surface area contributed by atoms with Crippen molar-refractivity contribution in [3.05, 3.63) is 56.5 Å². The minimum Gasteiger partial charge on any atom is -0.278 e. The molecule has 0 heterocycles. The van der Waals surface area contributed by atoms with Crippen LogP contribution in [-0.4, -0.2) is 8.42 Å². The van der Waals surface area contributed by atoms with Crippen LogP contribution >= 0.6 is 31.9 Å². The largest absolute Gasteiger partial charge is 0.278 e. The van der Waals surface area contributed by atoms with Crippen molar-refractivity contribution in [2.75, 3.05) is 4.72 Å². The molecule has 0 aliphatic carbocycles. The first kappa shape index (κ1) is 15.5. The summed E-state index contributed by atoms with van der Waals surface area (Å²) < 4.78 is 29.1. The lowest BCUT2D eigenvalue weighted by molar-refractivity contribution is 0.600. The first-order valence-corrected chi connectivity index (χ1v) is 8.92. The maximum atomic E-state index is 12.5.